The molecule has 0 fully saturated rings. The number of aryl methyl sites for hydroxylation is 1. The highest BCUT2D eigenvalue weighted by Crippen LogP contribution is 2.27. The lowest BCUT2D eigenvalue weighted by Gasteiger charge is -2.17. The monoisotopic (exact) mass is 203 g/mol. The van der Waals surface area contributed by atoms with Crippen LogP contribution in [0.15, 0.2) is 22.8 Å². The fourth-order valence-electron chi connectivity index (χ4n) is 2.07. The quantitative estimate of drug-likeness (QED) is 0.715. The van der Waals surface area contributed by atoms with Crippen molar-refractivity contribution in [3.8, 4) is 11.6 Å². The molecule has 4 nitrogen and oxygen atoms in total. The van der Waals surface area contributed by atoms with E-state index < -0.39 is 0 Å². The van der Waals surface area contributed by atoms with Gasteiger partial charge in [0.25, 0.3) is 0 Å². The van der Waals surface area contributed by atoms with Gasteiger partial charge in [-0.15, -0.1) is 5.10 Å². The molecule has 3 heterocycles. The molecule has 4 heteroatoms. The number of fused-ring (bicyclic) bond motifs is 1. The van der Waals surface area contributed by atoms with Crippen molar-refractivity contribution < 1.29 is 4.42 Å². The first-order chi connectivity index (χ1) is 7.34. The van der Waals surface area contributed by atoms with Gasteiger partial charge in [0, 0.05) is 12.5 Å². The molecule has 1 atom stereocenters. The first kappa shape index (κ1) is 8.71. The minimum absolute atomic E-state index is 0.509. The van der Waals surface area contributed by atoms with Crippen molar-refractivity contribution in [1.29, 1.82) is 0 Å². The second-order valence-electron chi connectivity index (χ2n) is 4.04. The standard InChI is InChI=1S/C11H13N3O/c1-8-4-2-6-14-11(8)12-10(13-14)9-5-3-7-15-9/h3,5,7-8H,2,4,6H2,1H3. The van der Waals surface area contributed by atoms with E-state index in [0.717, 1.165) is 18.1 Å². The summed E-state index contributed by atoms with van der Waals surface area (Å²) in [4.78, 5) is 4.53. The van der Waals surface area contributed by atoms with Crippen LogP contribution in [-0.2, 0) is 6.54 Å². The van der Waals surface area contributed by atoms with Crippen LogP contribution in [0.3, 0.4) is 0 Å². The van der Waals surface area contributed by atoms with E-state index in [-0.39, 0.29) is 0 Å². The summed E-state index contributed by atoms with van der Waals surface area (Å²) in [6.07, 6.45) is 4.05. The molecule has 0 radical (unpaired) electrons. The molecule has 1 aliphatic rings. The lowest BCUT2D eigenvalue weighted by molar-refractivity contribution is 0.432. The third kappa shape index (κ3) is 1.37. The van der Waals surface area contributed by atoms with Crippen LogP contribution in [0.2, 0.25) is 0 Å². The smallest absolute Gasteiger partial charge is 0.217 e. The first-order valence-corrected chi connectivity index (χ1v) is 5.33. The topological polar surface area (TPSA) is 43.9 Å². The maximum Gasteiger partial charge on any atom is 0.217 e. The van der Waals surface area contributed by atoms with Crippen molar-refractivity contribution in [3.63, 3.8) is 0 Å². The van der Waals surface area contributed by atoms with E-state index in [1.54, 1.807) is 6.26 Å². The number of rotatable bonds is 1. The zero-order valence-electron chi connectivity index (χ0n) is 8.68. The van der Waals surface area contributed by atoms with E-state index >= 15 is 0 Å². The largest absolute Gasteiger partial charge is 0.461 e. The molecule has 2 aromatic rings. The average Bonchev–Trinajstić information content (AvgIpc) is 2.86. The molecule has 3 rings (SSSR count). The second kappa shape index (κ2) is 3.22. The molecule has 0 aliphatic carbocycles. The fourth-order valence-corrected chi connectivity index (χ4v) is 2.07. The Morgan fingerprint density at radius 2 is 2.47 bits per heavy atom. The average molecular weight is 203 g/mol. The highest BCUT2D eigenvalue weighted by atomic mass is 16.3. The van der Waals surface area contributed by atoms with Gasteiger partial charge in [0.15, 0.2) is 5.76 Å². The number of hydrogen-bond donors (Lipinski definition) is 0. The third-order valence-electron chi connectivity index (χ3n) is 2.89. The molecule has 15 heavy (non-hydrogen) atoms. The maximum atomic E-state index is 5.29. The summed E-state index contributed by atoms with van der Waals surface area (Å²) in [6, 6.07) is 3.75. The first-order valence-electron chi connectivity index (χ1n) is 5.33. The third-order valence-corrected chi connectivity index (χ3v) is 2.89. The maximum absolute atomic E-state index is 5.29. The summed E-state index contributed by atoms with van der Waals surface area (Å²) < 4.78 is 7.30. The highest BCUT2D eigenvalue weighted by molar-refractivity contribution is 5.45. The molecule has 0 saturated heterocycles. The number of hydrogen-bond acceptors (Lipinski definition) is 3. The van der Waals surface area contributed by atoms with E-state index in [1.165, 1.54) is 12.8 Å². The normalized spacial score (nSPS) is 20.2. The molecule has 0 amide bonds. The zero-order chi connectivity index (χ0) is 10.3. The molecule has 2 aromatic heterocycles. The van der Waals surface area contributed by atoms with Gasteiger partial charge in [0.2, 0.25) is 5.82 Å². The predicted octanol–water partition coefficient (Wildman–Crippen LogP) is 2.44. The summed E-state index contributed by atoms with van der Waals surface area (Å²) in [5.74, 6) is 3.07. The van der Waals surface area contributed by atoms with Gasteiger partial charge in [0.1, 0.15) is 5.82 Å². The molecule has 78 valence electrons. The number of aromatic nitrogens is 3. The van der Waals surface area contributed by atoms with Gasteiger partial charge in [0.05, 0.1) is 6.26 Å². The molecule has 1 aliphatic heterocycles. The van der Waals surface area contributed by atoms with E-state index in [0.29, 0.717) is 11.7 Å². The van der Waals surface area contributed by atoms with Gasteiger partial charge in [-0.3, -0.25) is 0 Å². The molecule has 0 N–H and O–H groups in total. The van der Waals surface area contributed by atoms with E-state index in [2.05, 4.69) is 17.0 Å². The highest BCUT2D eigenvalue weighted by Gasteiger charge is 2.21. The van der Waals surface area contributed by atoms with Gasteiger partial charge in [-0.1, -0.05) is 6.92 Å². The summed E-state index contributed by atoms with van der Waals surface area (Å²) in [5, 5.41) is 4.46. The van der Waals surface area contributed by atoms with Gasteiger partial charge in [-0.2, -0.15) is 0 Å². The Hall–Kier alpha value is -1.58. The minimum atomic E-state index is 0.509. The van der Waals surface area contributed by atoms with Crippen molar-refractivity contribution in [2.24, 2.45) is 0 Å². The Morgan fingerprint density at radius 1 is 1.53 bits per heavy atom. The second-order valence-corrected chi connectivity index (χ2v) is 4.04. The van der Waals surface area contributed by atoms with Crippen LogP contribution in [0.1, 0.15) is 31.5 Å². The van der Waals surface area contributed by atoms with E-state index in [4.69, 9.17) is 4.42 Å². The predicted molar refractivity (Wildman–Crippen MR) is 55.4 cm³/mol. The van der Waals surface area contributed by atoms with E-state index in [1.807, 2.05) is 16.8 Å². The van der Waals surface area contributed by atoms with Crippen molar-refractivity contribution >= 4 is 0 Å². The van der Waals surface area contributed by atoms with Crippen LogP contribution in [0.5, 0.6) is 0 Å². The van der Waals surface area contributed by atoms with Crippen molar-refractivity contribution in [2.75, 3.05) is 0 Å². The molecule has 1 unspecified atom stereocenters. The van der Waals surface area contributed by atoms with Crippen LogP contribution in [0.4, 0.5) is 0 Å². The number of nitrogens with zero attached hydrogens (tertiary/aromatic N) is 3. The Bertz CT molecular complexity index is 458. The van der Waals surface area contributed by atoms with Crippen LogP contribution < -0.4 is 0 Å². The van der Waals surface area contributed by atoms with Gasteiger partial charge >= 0.3 is 0 Å². The fraction of sp³-hybridized carbons (Fsp3) is 0.455. The van der Waals surface area contributed by atoms with Crippen molar-refractivity contribution in [3.05, 3.63) is 24.2 Å². The lowest BCUT2D eigenvalue weighted by atomic mass is 10.0. The number of furan rings is 1. The lowest BCUT2D eigenvalue weighted by Crippen LogP contribution is -2.14. The van der Waals surface area contributed by atoms with Crippen LogP contribution in [0.25, 0.3) is 11.6 Å². The van der Waals surface area contributed by atoms with Crippen LogP contribution in [0, 0.1) is 0 Å². The Balaban J connectivity index is 2.06. The van der Waals surface area contributed by atoms with Crippen LogP contribution >= 0.6 is 0 Å². The minimum Gasteiger partial charge on any atom is -0.461 e. The molecular weight excluding hydrogens is 190 g/mol. The van der Waals surface area contributed by atoms with Crippen LogP contribution in [-0.4, -0.2) is 14.8 Å². The summed E-state index contributed by atoms with van der Waals surface area (Å²) in [6.45, 7) is 3.18. The van der Waals surface area contributed by atoms with Gasteiger partial charge in [-0.25, -0.2) is 9.67 Å². The summed E-state index contributed by atoms with van der Waals surface area (Å²) >= 11 is 0. The van der Waals surface area contributed by atoms with Gasteiger partial charge in [-0.05, 0) is 25.0 Å². The molecular formula is C11H13N3O. The molecule has 0 saturated carbocycles. The van der Waals surface area contributed by atoms with E-state index in [9.17, 15) is 0 Å². The van der Waals surface area contributed by atoms with Crippen molar-refractivity contribution in [1.82, 2.24) is 14.8 Å². The SMILES string of the molecule is CC1CCCn2nc(-c3ccco3)nc21. The summed E-state index contributed by atoms with van der Waals surface area (Å²) in [7, 11) is 0. The van der Waals surface area contributed by atoms with Crippen molar-refractivity contribution in [2.45, 2.75) is 32.2 Å². The Morgan fingerprint density at radius 3 is 3.20 bits per heavy atom. The Labute approximate surface area is 87.9 Å². The molecule has 0 bridgehead atoms. The zero-order valence-corrected chi connectivity index (χ0v) is 8.68. The molecule has 0 aromatic carbocycles. The van der Waals surface area contributed by atoms with Gasteiger partial charge < -0.3 is 4.42 Å². The Kier molecular flexibility index (Phi) is 1.87. The molecule has 0 spiro atoms. The summed E-state index contributed by atoms with van der Waals surface area (Å²) in [5.41, 5.74) is 0.